The average Bonchev–Trinajstić information content (AvgIpc) is 3.35. The van der Waals surface area contributed by atoms with Crippen molar-refractivity contribution in [2.24, 2.45) is 0 Å². The van der Waals surface area contributed by atoms with E-state index in [9.17, 15) is 39.8 Å². The Morgan fingerprint density at radius 1 is 0.471 bits per heavy atom. The molecule has 404 valence electrons. The molecule has 0 aliphatic heterocycles. The largest absolute Gasteiger partial charge is 0.472 e. The van der Waals surface area contributed by atoms with E-state index in [-0.39, 0.29) is 13.0 Å². The molecule has 1 fully saturated rings. The minimum atomic E-state index is -5.04. The predicted octanol–water partition coefficient (Wildman–Crippen LogP) is 12.9. The Morgan fingerprint density at radius 2 is 0.843 bits per heavy atom. The van der Waals surface area contributed by atoms with Gasteiger partial charge < -0.3 is 39.9 Å². The van der Waals surface area contributed by atoms with Gasteiger partial charge in [-0.25, -0.2) is 4.57 Å². The van der Waals surface area contributed by atoms with Gasteiger partial charge in [0.05, 0.1) is 13.2 Å². The number of esters is 1. The summed E-state index contributed by atoms with van der Waals surface area (Å²) >= 11 is 0. The molecule has 1 rings (SSSR count). The van der Waals surface area contributed by atoms with Gasteiger partial charge in [0.25, 0.3) is 0 Å². The highest BCUT2D eigenvalue weighted by Crippen LogP contribution is 2.47. The third-order valence-corrected chi connectivity index (χ3v) is 13.2. The minimum Gasteiger partial charge on any atom is -0.457 e. The summed E-state index contributed by atoms with van der Waals surface area (Å²) < 4.78 is 34.3. The first-order valence-corrected chi connectivity index (χ1v) is 28.9. The molecule has 70 heavy (non-hydrogen) atoms. The van der Waals surface area contributed by atoms with Gasteiger partial charge in [-0.05, 0) is 89.9 Å². The Balaban J connectivity index is 2.34. The molecule has 6 N–H and O–H groups in total. The van der Waals surface area contributed by atoms with Crippen LogP contribution in [0.15, 0.2) is 85.1 Å². The molecule has 12 nitrogen and oxygen atoms in total. The van der Waals surface area contributed by atoms with Crippen molar-refractivity contribution < 1.29 is 58.3 Å². The lowest BCUT2D eigenvalue weighted by molar-refractivity contribution is -0.220. The molecule has 0 heterocycles. The number of aliphatic hydroxyl groups is 5. The van der Waals surface area contributed by atoms with Crippen LogP contribution in [0.4, 0.5) is 0 Å². The molecule has 0 aromatic rings. The number of aliphatic hydroxyl groups excluding tert-OH is 5. The zero-order chi connectivity index (χ0) is 51.2. The van der Waals surface area contributed by atoms with Crippen molar-refractivity contribution in [1.82, 2.24) is 0 Å². The normalized spacial score (nSPS) is 21.5. The first kappa shape index (κ1) is 65.5. The lowest BCUT2D eigenvalue weighted by Gasteiger charge is -2.41. The Morgan fingerprint density at radius 3 is 1.30 bits per heavy atom. The summed E-state index contributed by atoms with van der Waals surface area (Å²) in [5.74, 6) is -0.489. The van der Waals surface area contributed by atoms with E-state index >= 15 is 0 Å². The third kappa shape index (κ3) is 37.3. The summed E-state index contributed by atoms with van der Waals surface area (Å²) in [5, 5.41) is 50.4. The number of carbonyl (C=O) groups excluding carboxylic acids is 1. The Kier molecular flexibility index (Phi) is 43.4. The molecule has 1 aliphatic carbocycles. The first-order valence-electron chi connectivity index (χ1n) is 27.4. The number of hydrogen-bond donors (Lipinski definition) is 6. The molecule has 13 heteroatoms. The summed E-state index contributed by atoms with van der Waals surface area (Å²) in [5.41, 5.74) is 0. The SMILES string of the molecule is CC/C=C\C/C=C\C/C=C\C/C=C\C/C=C\C/C=C\CCCCCCCOCC(COP(=O)(O)OC1C(O)C(O)C(O)C(O)C1O)OC(=O)CCCCCCCCCCC/C=C\CCCCCCCC. The van der Waals surface area contributed by atoms with Crippen molar-refractivity contribution in [3.8, 4) is 0 Å². The third-order valence-electron chi connectivity index (χ3n) is 12.3. The Bertz CT molecular complexity index is 1480. The molecule has 0 spiro atoms. The van der Waals surface area contributed by atoms with Crippen molar-refractivity contribution in [2.45, 2.75) is 249 Å². The van der Waals surface area contributed by atoms with Crippen LogP contribution in [0.5, 0.6) is 0 Å². The van der Waals surface area contributed by atoms with E-state index < -0.39 is 63.1 Å². The predicted molar refractivity (Wildman–Crippen MR) is 285 cm³/mol. The van der Waals surface area contributed by atoms with Crippen LogP contribution in [0.25, 0.3) is 0 Å². The van der Waals surface area contributed by atoms with Crippen LogP contribution in [-0.2, 0) is 27.9 Å². The molecule has 0 bridgehead atoms. The number of allylic oxidation sites excluding steroid dienone is 14. The number of rotatable bonds is 46. The van der Waals surface area contributed by atoms with Crippen molar-refractivity contribution in [3.63, 3.8) is 0 Å². The van der Waals surface area contributed by atoms with Gasteiger partial charge in [-0.3, -0.25) is 13.8 Å². The van der Waals surface area contributed by atoms with Gasteiger partial charge >= 0.3 is 13.8 Å². The summed E-state index contributed by atoms with van der Waals surface area (Å²) in [6, 6.07) is 0. The standard InChI is InChI=1S/C57H99O12P/c1-3-5-7-9-11-13-15-17-19-21-23-24-25-26-27-29-31-33-35-37-39-41-43-45-47-66-48-50(49-67-70(64,65)69-57-55(62)53(60)52(59)54(61)56(57)63)68-51(58)46-44-42-40-38-36-34-32-30-28-22-20-18-16-14-12-10-8-6-4-2/h5,7,11,13,17-20,23-24,26-27,31,33,50,52-57,59-63H,3-4,6,8-10,12,14-16,21-22,25,28-30,32,34-49H2,1-2H3,(H,64,65)/b7-5-,13-11-,19-17-,20-18-,24-23-,27-26-,33-31-. The smallest absolute Gasteiger partial charge is 0.457 e. The van der Waals surface area contributed by atoms with Crippen molar-refractivity contribution in [2.75, 3.05) is 19.8 Å². The van der Waals surface area contributed by atoms with E-state index in [2.05, 4.69) is 98.9 Å². The molecule has 0 saturated heterocycles. The van der Waals surface area contributed by atoms with Crippen molar-refractivity contribution in [3.05, 3.63) is 85.1 Å². The summed E-state index contributed by atoms with van der Waals surface area (Å²) in [6.07, 6.45) is 50.7. The molecular weight excluding hydrogens is 908 g/mol. The summed E-state index contributed by atoms with van der Waals surface area (Å²) in [4.78, 5) is 23.3. The quantitative estimate of drug-likeness (QED) is 0.0147. The van der Waals surface area contributed by atoms with Gasteiger partial charge in [0.15, 0.2) is 0 Å². The van der Waals surface area contributed by atoms with Gasteiger partial charge in [-0.15, -0.1) is 0 Å². The lowest BCUT2D eigenvalue weighted by atomic mass is 9.85. The highest BCUT2D eigenvalue weighted by Gasteiger charge is 2.51. The maximum Gasteiger partial charge on any atom is 0.472 e. The molecule has 0 aromatic carbocycles. The average molecular weight is 1010 g/mol. The van der Waals surface area contributed by atoms with Gasteiger partial charge in [0, 0.05) is 13.0 Å². The van der Waals surface area contributed by atoms with Gasteiger partial charge in [-0.1, -0.05) is 195 Å². The summed E-state index contributed by atoms with van der Waals surface area (Å²) in [6.45, 7) is 4.11. The van der Waals surface area contributed by atoms with Crippen molar-refractivity contribution >= 4 is 13.8 Å². The van der Waals surface area contributed by atoms with Crippen LogP contribution in [0.1, 0.15) is 206 Å². The van der Waals surface area contributed by atoms with Crippen LogP contribution in [0.2, 0.25) is 0 Å². The van der Waals surface area contributed by atoms with Crippen LogP contribution < -0.4 is 0 Å². The zero-order valence-electron chi connectivity index (χ0n) is 43.5. The number of phosphoric acid groups is 1. The number of phosphoric ester groups is 1. The second-order valence-electron chi connectivity index (χ2n) is 18.7. The van der Waals surface area contributed by atoms with Crippen LogP contribution in [0, 0.1) is 0 Å². The zero-order valence-corrected chi connectivity index (χ0v) is 44.4. The minimum absolute atomic E-state index is 0.0950. The van der Waals surface area contributed by atoms with Gasteiger partial charge in [0.1, 0.15) is 42.7 Å². The second kappa shape index (κ2) is 46.3. The molecule has 0 aromatic heterocycles. The molecular formula is C57H99O12P. The lowest BCUT2D eigenvalue weighted by Crippen LogP contribution is -2.64. The highest BCUT2D eigenvalue weighted by molar-refractivity contribution is 7.47. The molecule has 1 aliphatic rings. The van der Waals surface area contributed by atoms with Crippen LogP contribution in [0.3, 0.4) is 0 Å². The maximum atomic E-state index is 12.9. The molecule has 0 amide bonds. The van der Waals surface area contributed by atoms with Crippen molar-refractivity contribution in [1.29, 1.82) is 0 Å². The van der Waals surface area contributed by atoms with Gasteiger partial charge in [-0.2, -0.15) is 0 Å². The van der Waals surface area contributed by atoms with E-state index in [4.69, 9.17) is 18.5 Å². The van der Waals surface area contributed by atoms with E-state index in [0.717, 1.165) is 96.3 Å². The van der Waals surface area contributed by atoms with Crippen LogP contribution >= 0.6 is 7.82 Å². The fraction of sp³-hybridized carbons (Fsp3) is 0.737. The van der Waals surface area contributed by atoms with Crippen LogP contribution in [-0.4, -0.2) is 98.9 Å². The fourth-order valence-corrected chi connectivity index (χ4v) is 8.91. The fourth-order valence-electron chi connectivity index (χ4n) is 7.94. The van der Waals surface area contributed by atoms with E-state index in [0.29, 0.717) is 13.0 Å². The topological polar surface area (TPSA) is 192 Å². The Labute approximate surface area is 424 Å². The second-order valence-corrected chi connectivity index (χ2v) is 20.1. The molecule has 6 atom stereocenters. The highest BCUT2D eigenvalue weighted by atomic mass is 31.2. The number of hydrogen-bond acceptors (Lipinski definition) is 11. The number of ether oxygens (including phenoxy) is 2. The van der Waals surface area contributed by atoms with E-state index in [1.54, 1.807) is 0 Å². The number of carbonyl (C=O) groups is 1. The molecule has 1 saturated carbocycles. The first-order chi connectivity index (χ1) is 34.0. The van der Waals surface area contributed by atoms with E-state index in [1.807, 2.05) is 0 Å². The molecule has 0 radical (unpaired) electrons. The molecule has 6 unspecified atom stereocenters. The van der Waals surface area contributed by atoms with E-state index in [1.165, 1.54) is 83.5 Å². The number of unbranched alkanes of at least 4 members (excludes halogenated alkanes) is 20. The Hall–Kier alpha value is -2.48. The maximum absolute atomic E-state index is 12.9. The monoisotopic (exact) mass is 1010 g/mol. The van der Waals surface area contributed by atoms with Gasteiger partial charge in [0.2, 0.25) is 0 Å². The summed E-state index contributed by atoms with van der Waals surface area (Å²) in [7, 11) is -5.04.